The molecule has 0 heterocycles. The fourth-order valence-corrected chi connectivity index (χ4v) is 1.90. The molecule has 60 valence electrons. The van der Waals surface area contributed by atoms with Gasteiger partial charge in [-0.2, -0.15) is 0 Å². The standard InChI is InChI=1S/C7H13NO.ClH/c8-5-3-7(1-2-7)4-6(5)9;/h5-6,9H,1-4,8H2;1H/t5-,6-;/m0./s1. The highest BCUT2D eigenvalue weighted by Crippen LogP contribution is 2.57. The molecule has 3 N–H and O–H groups in total. The molecule has 0 aromatic heterocycles. The van der Waals surface area contributed by atoms with Crippen LogP contribution in [-0.4, -0.2) is 17.3 Å². The molecule has 0 aliphatic heterocycles. The van der Waals surface area contributed by atoms with Gasteiger partial charge in [-0.05, 0) is 31.1 Å². The van der Waals surface area contributed by atoms with E-state index in [2.05, 4.69) is 0 Å². The van der Waals surface area contributed by atoms with Gasteiger partial charge in [0.05, 0.1) is 6.10 Å². The normalized spacial score (nSPS) is 41.4. The maximum absolute atomic E-state index is 9.25. The minimum Gasteiger partial charge on any atom is -0.391 e. The van der Waals surface area contributed by atoms with Gasteiger partial charge in [0, 0.05) is 6.04 Å². The van der Waals surface area contributed by atoms with E-state index in [1.165, 1.54) is 12.8 Å². The van der Waals surface area contributed by atoms with Crippen molar-refractivity contribution >= 4 is 12.4 Å². The van der Waals surface area contributed by atoms with Crippen molar-refractivity contribution < 1.29 is 5.11 Å². The van der Waals surface area contributed by atoms with E-state index >= 15 is 0 Å². The molecule has 0 aromatic rings. The summed E-state index contributed by atoms with van der Waals surface area (Å²) in [5.74, 6) is 0. The Morgan fingerprint density at radius 1 is 1.30 bits per heavy atom. The van der Waals surface area contributed by atoms with Gasteiger partial charge in [-0.25, -0.2) is 0 Å². The first-order chi connectivity index (χ1) is 4.22. The lowest BCUT2D eigenvalue weighted by Crippen LogP contribution is -2.28. The maximum Gasteiger partial charge on any atom is 0.0696 e. The quantitative estimate of drug-likeness (QED) is 0.552. The second kappa shape index (κ2) is 2.36. The van der Waals surface area contributed by atoms with Gasteiger partial charge in [0.25, 0.3) is 0 Å². The van der Waals surface area contributed by atoms with Crippen molar-refractivity contribution in [1.82, 2.24) is 0 Å². The molecule has 3 heteroatoms. The molecule has 0 bridgehead atoms. The SMILES string of the molecule is Cl.N[C@H]1CC2(CC2)C[C@@H]1O. The van der Waals surface area contributed by atoms with Crippen molar-refractivity contribution in [2.75, 3.05) is 0 Å². The molecule has 0 unspecified atom stereocenters. The van der Waals surface area contributed by atoms with Crippen LogP contribution >= 0.6 is 12.4 Å². The molecular weight excluding hydrogens is 150 g/mol. The lowest BCUT2D eigenvalue weighted by molar-refractivity contribution is 0.160. The molecule has 0 radical (unpaired) electrons. The van der Waals surface area contributed by atoms with Crippen LogP contribution in [0.5, 0.6) is 0 Å². The van der Waals surface area contributed by atoms with Gasteiger partial charge in [0.2, 0.25) is 0 Å². The minimum atomic E-state index is -0.201. The molecule has 2 aliphatic rings. The molecule has 0 aromatic carbocycles. The van der Waals surface area contributed by atoms with Crippen LogP contribution in [-0.2, 0) is 0 Å². The molecule has 2 saturated carbocycles. The highest BCUT2D eigenvalue weighted by molar-refractivity contribution is 5.85. The van der Waals surface area contributed by atoms with Gasteiger partial charge in [0.15, 0.2) is 0 Å². The predicted molar refractivity (Wildman–Crippen MR) is 42.1 cm³/mol. The maximum atomic E-state index is 9.25. The first-order valence-electron chi connectivity index (χ1n) is 3.66. The third-order valence-corrected chi connectivity index (χ3v) is 2.76. The van der Waals surface area contributed by atoms with E-state index in [1.54, 1.807) is 0 Å². The van der Waals surface area contributed by atoms with E-state index in [0.717, 1.165) is 12.8 Å². The summed E-state index contributed by atoms with van der Waals surface area (Å²) in [6.45, 7) is 0. The average Bonchev–Trinajstić information content (AvgIpc) is 2.42. The number of hydrogen-bond donors (Lipinski definition) is 2. The molecule has 10 heavy (non-hydrogen) atoms. The van der Waals surface area contributed by atoms with Crippen LogP contribution in [0.4, 0.5) is 0 Å². The molecule has 2 aliphatic carbocycles. The first-order valence-corrected chi connectivity index (χ1v) is 3.66. The number of aliphatic hydroxyl groups is 1. The van der Waals surface area contributed by atoms with Gasteiger partial charge in [0.1, 0.15) is 0 Å². The molecule has 1 spiro atoms. The number of nitrogens with two attached hydrogens (primary N) is 1. The Morgan fingerprint density at radius 2 is 1.90 bits per heavy atom. The second-order valence-corrected chi connectivity index (χ2v) is 3.64. The highest BCUT2D eigenvalue weighted by Gasteiger charge is 2.51. The van der Waals surface area contributed by atoms with Gasteiger partial charge < -0.3 is 10.8 Å². The fourth-order valence-electron chi connectivity index (χ4n) is 1.90. The van der Waals surface area contributed by atoms with Crippen LogP contribution in [0.3, 0.4) is 0 Å². The third kappa shape index (κ3) is 1.16. The zero-order chi connectivity index (χ0) is 6.48. The van der Waals surface area contributed by atoms with Crippen LogP contribution < -0.4 is 5.73 Å². The van der Waals surface area contributed by atoms with E-state index in [9.17, 15) is 5.11 Å². The van der Waals surface area contributed by atoms with Crippen LogP contribution in [0.1, 0.15) is 25.7 Å². The Morgan fingerprint density at radius 3 is 2.10 bits per heavy atom. The molecule has 2 fully saturated rings. The number of rotatable bonds is 0. The van der Waals surface area contributed by atoms with Crippen molar-refractivity contribution in [2.45, 2.75) is 37.8 Å². The van der Waals surface area contributed by atoms with Crippen molar-refractivity contribution in [3.8, 4) is 0 Å². The smallest absolute Gasteiger partial charge is 0.0696 e. The third-order valence-electron chi connectivity index (χ3n) is 2.76. The van der Waals surface area contributed by atoms with Crippen LogP contribution in [0.2, 0.25) is 0 Å². The number of halogens is 1. The fraction of sp³-hybridized carbons (Fsp3) is 1.00. The van der Waals surface area contributed by atoms with Crippen molar-refractivity contribution in [3.05, 3.63) is 0 Å². The van der Waals surface area contributed by atoms with E-state index in [0.29, 0.717) is 5.41 Å². The topological polar surface area (TPSA) is 46.2 Å². The second-order valence-electron chi connectivity index (χ2n) is 3.64. The molecule has 0 amide bonds. The number of hydrogen-bond acceptors (Lipinski definition) is 2. The van der Waals surface area contributed by atoms with E-state index in [-0.39, 0.29) is 24.6 Å². The summed E-state index contributed by atoms with van der Waals surface area (Å²) < 4.78 is 0. The Hall–Kier alpha value is 0.210. The summed E-state index contributed by atoms with van der Waals surface area (Å²) in [4.78, 5) is 0. The van der Waals surface area contributed by atoms with Crippen molar-refractivity contribution in [3.63, 3.8) is 0 Å². The lowest BCUT2D eigenvalue weighted by atomic mass is 10.1. The Labute approximate surface area is 67.2 Å². The summed E-state index contributed by atoms with van der Waals surface area (Å²) in [6.07, 6.45) is 4.44. The van der Waals surface area contributed by atoms with Gasteiger partial charge in [-0.3, -0.25) is 0 Å². The van der Waals surface area contributed by atoms with Crippen molar-refractivity contribution in [1.29, 1.82) is 0 Å². The van der Waals surface area contributed by atoms with Crippen LogP contribution in [0.15, 0.2) is 0 Å². The van der Waals surface area contributed by atoms with Crippen LogP contribution in [0, 0.1) is 5.41 Å². The summed E-state index contributed by atoms with van der Waals surface area (Å²) in [6, 6.07) is 0.0764. The molecule has 0 saturated heterocycles. The van der Waals surface area contributed by atoms with Crippen LogP contribution in [0.25, 0.3) is 0 Å². The average molecular weight is 164 g/mol. The monoisotopic (exact) mass is 163 g/mol. The molecule has 2 rings (SSSR count). The predicted octanol–water partition coefficient (Wildman–Crippen LogP) is 0.670. The molecular formula is C7H14ClNO. The molecule has 2 atom stereocenters. The summed E-state index contributed by atoms with van der Waals surface area (Å²) in [7, 11) is 0. The Bertz CT molecular complexity index is 124. The Kier molecular flexibility index (Phi) is 1.96. The number of aliphatic hydroxyl groups excluding tert-OH is 1. The molecule has 2 nitrogen and oxygen atoms in total. The lowest BCUT2D eigenvalue weighted by Gasteiger charge is -2.04. The van der Waals surface area contributed by atoms with E-state index in [1.807, 2.05) is 0 Å². The first kappa shape index (κ1) is 8.31. The zero-order valence-electron chi connectivity index (χ0n) is 5.92. The van der Waals surface area contributed by atoms with Gasteiger partial charge in [-0.15, -0.1) is 12.4 Å². The van der Waals surface area contributed by atoms with Crippen molar-refractivity contribution in [2.24, 2.45) is 11.1 Å². The zero-order valence-corrected chi connectivity index (χ0v) is 6.73. The minimum absolute atomic E-state index is 0. The summed E-state index contributed by atoms with van der Waals surface area (Å²) in [5, 5.41) is 9.25. The Balaban J connectivity index is 0.000000500. The highest BCUT2D eigenvalue weighted by atomic mass is 35.5. The summed E-state index contributed by atoms with van der Waals surface area (Å²) >= 11 is 0. The summed E-state index contributed by atoms with van der Waals surface area (Å²) in [5.41, 5.74) is 6.16. The van der Waals surface area contributed by atoms with Gasteiger partial charge in [-0.1, -0.05) is 0 Å². The van der Waals surface area contributed by atoms with Gasteiger partial charge >= 0.3 is 0 Å². The van der Waals surface area contributed by atoms with E-state index in [4.69, 9.17) is 5.73 Å². The van der Waals surface area contributed by atoms with E-state index < -0.39 is 0 Å². The largest absolute Gasteiger partial charge is 0.391 e.